The maximum absolute atomic E-state index is 9.37. The van der Waals surface area contributed by atoms with E-state index in [0.29, 0.717) is 5.56 Å². The average molecular weight is 349 g/mol. The number of aliphatic hydroxyl groups excluding tert-OH is 1. The van der Waals surface area contributed by atoms with Crippen LogP contribution in [0.25, 0.3) is 0 Å². The zero-order chi connectivity index (χ0) is 8.97. The van der Waals surface area contributed by atoms with Crippen LogP contribution in [0.5, 0.6) is 0 Å². The zero-order valence-electron chi connectivity index (χ0n) is 7.24. The van der Waals surface area contributed by atoms with Crippen LogP contribution in [0.2, 0.25) is 0 Å². The molecular formula is C10H11O2Re+. The molecule has 0 aliphatic heterocycles. The largest absolute Gasteiger partial charge is 0.512 e. The zero-order valence-corrected chi connectivity index (χ0v) is 9.95. The molecule has 0 unspecified atom stereocenters. The van der Waals surface area contributed by atoms with Gasteiger partial charge in [-0.15, -0.1) is 0 Å². The summed E-state index contributed by atoms with van der Waals surface area (Å²) in [5.41, 5.74) is 0.700. The Kier molecular flexibility index (Phi) is 5.29. The van der Waals surface area contributed by atoms with E-state index in [1.807, 2.05) is 18.2 Å². The Morgan fingerprint density at radius 3 is 2.31 bits per heavy atom. The number of ketones is 1. The molecule has 0 fully saturated rings. The predicted molar refractivity (Wildman–Crippen MR) is 48.9 cm³/mol. The molecule has 1 rings (SSSR count). The van der Waals surface area contributed by atoms with Gasteiger partial charge in [0.25, 0.3) is 0 Å². The molecule has 0 aliphatic rings. The molecule has 1 radical (unpaired) electrons. The molecule has 0 saturated heterocycles. The Hall–Kier alpha value is -0.908. The van der Waals surface area contributed by atoms with Crippen molar-refractivity contribution in [3.05, 3.63) is 47.7 Å². The second-order valence-electron chi connectivity index (χ2n) is 2.54. The standard InChI is InChI=1S/C10H10O2.Re/c1-8(11)7-10(12)9-5-3-2-4-6-9;/h2-7,11H,1H3;/p+1/b8-7-;. The molecule has 0 heterocycles. The van der Waals surface area contributed by atoms with Gasteiger partial charge in [-0.25, -0.2) is 0 Å². The van der Waals surface area contributed by atoms with Gasteiger partial charge in [0.15, 0.2) is 0 Å². The van der Waals surface area contributed by atoms with Gasteiger partial charge in [-0.2, -0.15) is 0 Å². The van der Waals surface area contributed by atoms with Crippen molar-refractivity contribution in [3.8, 4) is 0 Å². The Morgan fingerprint density at radius 1 is 1.31 bits per heavy atom. The number of benzene rings is 1. The van der Waals surface area contributed by atoms with Gasteiger partial charge in [0.1, 0.15) is 0 Å². The number of hydrogen-bond acceptors (Lipinski definition) is 1. The topological polar surface area (TPSA) is 41.6 Å². The third-order valence-corrected chi connectivity index (χ3v) is 1.42. The van der Waals surface area contributed by atoms with Crippen LogP contribution in [-0.4, -0.2) is 15.7 Å². The molecular weight excluding hydrogens is 338 g/mol. The van der Waals surface area contributed by atoms with Gasteiger partial charge in [-0.1, -0.05) is 18.2 Å². The average Bonchev–Trinajstić information content (AvgIpc) is 2.05. The van der Waals surface area contributed by atoms with Gasteiger partial charge < -0.3 is 5.11 Å². The van der Waals surface area contributed by atoms with E-state index in [1.165, 1.54) is 13.0 Å². The minimum Gasteiger partial charge on any atom is -0.512 e. The number of rotatable bonds is 2. The van der Waals surface area contributed by atoms with Crippen molar-refractivity contribution in [3.63, 3.8) is 0 Å². The van der Waals surface area contributed by atoms with Crippen LogP contribution >= 0.6 is 0 Å². The molecule has 13 heavy (non-hydrogen) atoms. The Bertz CT molecular complexity index is 300. The predicted octanol–water partition coefficient (Wildman–Crippen LogP) is 2.04. The van der Waals surface area contributed by atoms with E-state index in [1.54, 1.807) is 12.1 Å². The van der Waals surface area contributed by atoms with Crippen molar-refractivity contribution in [2.24, 2.45) is 0 Å². The number of aliphatic hydroxyl groups is 1. The number of hydrogen-bond donors (Lipinski definition) is 1. The minimum absolute atomic E-state index is 0. The maximum Gasteiger partial charge on any atom is 0.350 e. The van der Waals surface area contributed by atoms with Crippen molar-refractivity contribution in [2.45, 2.75) is 6.92 Å². The van der Waals surface area contributed by atoms with Gasteiger partial charge in [0.2, 0.25) is 0 Å². The van der Waals surface area contributed by atoms with Crippen LogP contribution in [-0.2, 0) is 20.4 Å². The van der Waals surface area contributed by atoms with Crippen LogP contribution in [0.3, 0.4) is 0 Å². The van der Waals surface area contributed by atoms with E-state index in [-0.39, 0.29) is 32.0 Å². The molecule has 2 nitrogen and oxygen atoms in total. The second-order valence-corrected chi connectivity index (χ2v) is 2.54. The van der Waals surface area contributed by atoms with Crippen LogP contribution < -0.4 is 0 Å². The molecule has 0 spiro atoms. The molecule has 69 valence electrons. The summed E-state index contributed by atoms with van der Waals surface area (Å²) in [4.78, 5) is 9.37. The van der Waals surface area contributed by atoms with Crippen molar-refractivity contribution in [1.29, 1.82) is 0 Å². The third-order valence-electron chi connectivity index (χ3n) is 1.42. The Labute approximate surface area is 90.9 Å². The van der Waals surface area contributed by atoms with Crippen molar-refractivity contribution < 1.29 is 30.3 Å². The van der Waals surface area contributed by atoms with E-state index in [0.717, 1.165) is 0 Å². The van der Waals surface area contributed by atoms with Crippen LogP contribution in [0.15, 0.2) is 42.2 Å². The summed E-state index contributed by atoms with van der Waals surface area (Å²) in [6.07, 6.45) is 1.31. The van der Waals surface area contributed by atoms with Gasteiger partial charge >= 0.3 is 5.78 Å². The van der Waals surface area contributed by atoms with Gasteiger partial charge in [0.05, 0.1) is 17.4 Å². The van der Waals surface area contributed by atoms with E-state index < -0.39 is 0 Å². The fraction of sp³-hybridized carbons (Fsp3) is 0.100. The van der Waals surface area contributed by atoms with E-state index in [2.05, 4.69) is 0 Å². The van der Waals surface area contributed by atoms with Crippen LogP contribution in [0, 0.1) is 0 Å². The van der Waals surface area contributed by atoms with Gasteiger partial charge in [-0.3, -0.25) is 4.79 Å². The first-order valence-electron chi connectivity index (χ1n) is 3.69. The minimum atomic E-state index is 0. The summed E-state index contributed by atoms with van der Waals surface area (Å²) in [5, 5.41) is 8.86. The van der Waals surface area contributed by atoms with Gasteiger partial charge in [0, 0.05) is 20.4 Å². The van der Waals surface area contributed by atoms with Crippen molar-refractivity contribution >= 4 is 5.78 Å². The summed E-state index contributed by atoms with van der Waals surface area (Å²) in [6, 6.07) is 9.06. The first-order chi connectivity index (χ1) is 5.70. The molecule has 1 aromatic carbocycles. The summed E-state index contributed by atoms with van der Waals surface area (Å²) in [5.74, 6) is 0.173. The molecule has 0 saturated carbocycles. The fourth-order valence-electron chi connectivity index (χ4n) is 0.890. The van der Waals surface area contributed by atoms with Crippen LogP contribution in [0.4, 0.5) is 0 Å². The monoisotopic (exact) mass is 350 g/mol. The molecule has 0 atom stereocenters. The van der Waals surface area contributed by atoms with Crippen LogP contribution in [0.1, 0.15) is 12.5 Å². The quantitative estimate of drug-likeness (QED) is 0.378. The third kappa shape index (κ3) is 4.03. The smallest absolute Gasteiger partial charge is 0.350 e. The van der Waals surface area contributed by atoms with E-state index in [9.17, 15) is 4.79 Å². The Morgan fingerprint density at radius 2 is 1.85 bits per heavy atom. The first kappa shape index (κ1) is 12.1. The molecule has 0 aliphatic carbocycles. The van der Waals surface area contributed by atoms with Gasteiger partial charge in [-0.05, 0) is 19.1 Å². The van der Waals surface area contributed by atoms with E-state index in [4.69, 9.17) is 5.11 Å². The summed E-state index contributed by atoms with van der Waals surface area (Å²) < 4.78 is 0. The number of carbonyl (C=O) groups excluding carboxylic acids is 1. The second kappa shape index (κ2) is 5.69. The summed E-state index contributed by atoms with van der Waals surface area (Å²) >= 11 is 0. The summed E-state index contributed by atoms with van der Waals surface area (Å²) in [6.45, 7) is 1.51. The maximum atomic E-state index is 9.37. The SMILES string of the molecule is C/C(O)=C/C(=[OH+])c1ccccc1.[Re]. The molecule has 0 aromatic heterocycles. The van der Waals surface area contributed by atoms with Crippen molar-refractivity contribution in [1.82, 2.24) is 0 Å². The first-order valence-corrected chi connectivity index (χ1v) is 3.69. The number of allylic oxidation sites excluding steroid dienone is 2. The molecule has 2 N–H and O–H groups in total. The molecule has 0 bridgehead atoms. The molecule has 0 amide bonds. The fourth-order valence-corrected chi connectivity index (χ4v) is 0.890. The normalized spacial score (nSPS) is 10.4. The van der Waals surface area contributed by atoms with E-state index >= 15 is 0 Å². The molecule has 1 aromatic rings. The van der Waals surface area contributed by atoms with Crippen molar-refractivity contribution in [2.75, 3.05) is 0 Å². The Balaban J connectivity index is 0.00000144. The summed E-state index contributed by atoms with van der Waals surface area (Å²) in [7, 11) is 0. The molecule has 3 heteroatoms.